The van der Waals surface area contributed by atoms with Crippen LogP contribution in [0.3, 0.4) is 0 Å². The molecule has 0 atom stereocenters. The van der Waals surface area contributed by atoms with Gasteiger partial charge >= 0.3 is 0 Å². The zero-order valence-corrected chi connectivity index (χ0v) is 9.53. The van der Waals surface area contributed by atoms with Crippen molar-refractivity contribution in [2.75, 3.05) is 6.61 Å². The van der Waals surface area contributed by atoms with E-state index >= 15 is 0 Å². The van der Waals surface area contributed by atoms with Gasteiger partial charge in [0.25, 0.3) is 5.91 Å². The van der Waals surface area contributed by atoms with E-state index in [1.807, 2.05) is 32.0 Å². The Labute approximate surface area is 95.0 Å². The van der Waals surface area contributed by atoms with Crippen LogP contribution in [0.2, 0.25) is 0 Å². The first-order chi connectivity index (χ1) is 7.49. The molecular formula is C13H15NO2. The van der Waals surface area contributed by atoms with Gasteiger partial charge in [-0.15, -0.1) is 0 Å². The number of hydrogen-bond acceptors (Lipinski definition) is 2. The van der Waals surface area contributed by atoms with E-state index in [0.29, 0.717) is 11.3 Å². The molecule has 1 aromatic rings. The predicted octanol–water partition coefficient (Wildman–Crippen LogP) is 1.88. The van der Waals surface area contributed by atoms with E-state index in [4.69, 9.17) is 0 Å². The Hall–Kier alpha value is -1.61. The van der Waals surface area contributed by atoms with Gasteiger partial charge < -0.3 is 10.0 Å². The average Bonchev–Trinajstić information content (AvgIpc) is 2.53. The fraction of sp³-hybridized carbons (Fsp3) is 0.308. The van der Waals surface area contributed by atoms with Crippen LogP contribution in [-0.2, 0) is 0 Å². The van der Waals surface area contributed by atoms with Crippen LogP contribution in [0.1, 0.15) is 29.8 Å². The molecule has 0 radical (unpaired) electrons. The summed E-state index contributed by atoms with van der Waals surface area (Å²) in [6.07, 6.45) is 0. The van der Waals surface area contributed by atoms with Crippen LogP contribution in [0.5, 0.6) is 0 Å². The minimum Gasteiger partial charge on any atom is -0.394 e. The molecule has 84 valence electrons. The summed E-state index contributed by atoms with van der Waals surface area (Å²) in [4.78, 5) is 13.7. The summed E-state index contributed by atoms with van der Waals surface area (Å²) in [5, 5.41) is 9.33. The molecule has 0 saturated carbocycles. The normalized spacial score (nSPS) is 15.6. The third kappa shape index (κ3) is 1.36. The van der Waals surface area contributed by atoms with Gasteiger partial charge in [0.15, 0.2) is 0 Å². The SMILES string of the molecule is C=C1c2ccccc2C(=O)N1C(C)(C)CO. The van der Waals surface area contributed by atoms with Crippen molar-refractivity contribution in [1.29, 1.82) is 0 Å². The van der Waals surface area contributed by atoms with Gasteiger partial charge in [0, 0.05) is 16.8 Å². The number of amides is 1. The maximum atomic E-state index is 12.2. The number of hydrogen-bond donors (Lipinski definition) is 1. The molecule has 16 heavy (non-hydrogen) atoms. The molecule has 0 spiro atoms. The van der Waals surface area contributed by atoms with Crippen molar-refractivity contribution in [3.05, 3.63) is 42.0 Å². The number of carbonyl (C=O) groups is 1. The standard InChI is InChI=1S/C13H15NO2/c1-9-10-6-4-5-7-11(10)12(16)14(9)13(2,3)8-15/h4-7,15H,1,8H2,2-3H3. The van der Waals surface area contributed by atoms with Gasteiger partial charge in [-0.1, -0.05) is 24.8 Å². The molecule has 0 bridgehead atoms. The predicted molar refractivity (Wildman–Crippen MR) is 62.8 cm³/mol. The second-order valence-corrected chi connectivity index (χ2v) is 4.60. The highest BCUT2D eigenvalue weighted by Crippen LogP contribution is 2.36. The van der Waals surface area contributed by atoms with Crippen molar-refractivity contribution in [3.63, 3.8) is 0 Å². The number of rotatable bonds is 2. The lowest BCUT2D eigenvalue weighted by molar-refractivity contribution is 0.0605. The Morgan fingerprint density at radius 2 is 1.88 bits per heavy atom. The molecular weight excluding hydrogens is 202 g/mol. The van der Waals surface area contributed by atoms with Crippen molar-refractivity contribution in [1.82, 2.24) is 4.90 Å². The lowest BCUT2D eigenvalue weighted by Gasteiger charge is -2.34. The first-order valence-electron chi connectivity index (χ1n) is 5.23. The maximum absolute atomic E-state index is 12.2. The molecule has 3 heteroatoms. The van der Waals surface area contributed by atoms with Crippen molar-refractivity contribution < 1.29 is 9.90 Å². The smallest absolute Gasteiger partial charge is 0.259 e. The lowest BCUT2D eigenvalue weighted by atomic mass is 10.0. The third-order valence-corrected chi connectivity index (χ3v) is 2.93. The average molecular weight is 217 g/mol. The van der Waals surface area contributed by atoms with Crippen LogP contribution < -0.4 is 0 Å². The summed E-state index contributed by atoms with van der Waals surface area (Å²) in [5.41, 5.74) is 1.57. The minimum atomic E-state index is -0.618. The van der Waals surface area contributed by atoms with E-state index in [2.05, 4.69) is 6.58 Å². The van der Waals surface area contributed by atoms with Crippen LogP contribution >= 0.6 is 0 Å². The molecule has 1 heterocycles. The van der Waals surface area contributed by atoms with Gasteiger partial charge in [0.2, 0.25) is 0 Å². The van der Waals surface area contributed by atoms with Gasteiger partial charge in [0.1, 0.15) is 0 Å². The summed E-state index contributed by atoms with van der Waals surface area (Å²) in [7, 11) is 0. The van der Waals surface area contributed by atoms with Gasteiger partial charge in [0.05, 0.1) is 12.1 Å². The summed E-state index contributed by atoms with van der Waals surface area (Å²) < 4.78 is 0. The topological polar surface area (TPSA) is 40.5 Å². The molecule has 1 amide bonds. The molecule has 0 saturated heterocycles. The number of benzene rings is 1. The van der Waals surface area contributed by atoms with Crippen LogP contribution in [0, 0.1) is 0 Å². The van der Waals surface area contributed by atoms with E-state index in [1.54, 1.807) is 11.0 Å². The fourth-order valence-corrected chi connectivity index (χ4v) is 2.00. The molecule has 0 aliphatic carbocycles. The molecule has 1 aliphatic rings. The Bertz CT molecular complexity index is 428. The van der Waals surface area contributed by atoms with Crippen LogP contribution in [-0.4, -0.2) is 28.1 Å². The van der Waals surface area contributed by atoms with Crippen molar-refractivity contribution in [2.24, 2.45) is 0 Å². The second-order valence-electron chi connectivity index (χ2n) is 4.60. The number of aliphatic hydroxyl groups is 1. The van der Waals surface area contributed by atoms with Crippen molar-refractivity contribution in [2.45, 2.75) is 19.4 Å². The zero-order chi connectivity index (χ0) is 11.9. The number of carbonyl (C=O) groups excluding carboxylic acids is 1. The minimum absolute atomic E-state index is 0.0837. The lowest BCUT2D eigenvalue weighted by Crippen LogP contribution is -2.46. The Kier molecular flexibility index (Phi) is 2.35. The summed E-state index contributed by atoms with van der Waals surface area (Å²) >= 11 is 0. The molecule has 1 N–H and O–H groups in total. The fourth-order valence-electron chi connectivity index (χ4n) is 2.00. The quantitative estimate of drug-likeness (QED) is 0.821. The molecule has 0 aromatic heterocycles. The molecule has 0 fully saturated rings. The summed E-state index contributed by atoms with van der Waals surface area (Å²) in [6, 6.07) is 7.38. The monoisotopic (exact) mass is 217 g/mol. The molecule has 1 aromatic carbocycles. The van der Waals surface area contributed by atoms with E-state index in [-0.39, 0.29) is 12.5 Å². The number of fused-ring (bicyclic) bond motifs is 1. The highest BCUT2D eigenvalue weighted by molar-refractivity contribution is 6.09. The first-order valence-corrected chi connectivity index (χ1v) is 5.23. The molecule has 2 rings (SSSR count). The van der Waals surface area contributed by atoms with Gasteiger partial charge in [-0.05, 0) is 19.9 Å². The maximum Gasteiger partial charge on any atom is 0.259 e. The third-order valence-electron chi connectivity index (χ3n) is 2.93. The van der Waals surface area contributed by atoms with Gasteiger partial charge in [-0.25, -0.2) is 0 Å². The summed E-state index contributed by atoms with van der Waals surface area (Å²) in [5.74, 6) is -0.0837. The molecule has 1 aliphatic heterocycles. The van der Waals surface area contributed by atoms with Crippen LogP contribution in [0.4, 0.5) is 0 Å². The second kappa shape index (κ2) is 3.46. The Balaban J connectivity index is 2.51. The highest BCUT2D eigenvalue weighted by Gasteiger charge is 2.39. The largest absolute Gasteiger partial charge is 0.394 e. The van der Waals surface area contributed by atoms with Crippen LogP contribution in [0.15, 0.2) is 30.8 Å². The Morgan fingerprint density at radius 1 is 1.31 bits per heavy atom. The van der Waals surface area contributed by atoms with E-state index in [1.165, 1.54) is 0 Å². The van der Waals surface area contributed by atoms with Gasteiger partial charge in [-0.3, -0.25) is 4.79 Å². The Morgan fingerprint density at radius 3 is 2.38 bits per heavy atom. The van der Waals surface area contributed by atoms with Crippen molar-refractivity contribution in [3.8, 4) is 0 Å². The number of nitrogens with zero attached hydrogens (tertiary/aromatic N) is 1. The highest BCUT2D eigenvalue weighted by atomic mass is 16.3. The zero-order valence-electron chi connectivity index (χ0n) is 9.53. The van der Waals surface area contributed by atoms with Crippen molar-refractivity contribution >= 4 is 11.6 Å². The van der Waals surface area contributed by atoms with Crippen LogP contribution in [0.25, 0.3) is 5.70 Å². The van der Waals surface area contributed by atoms with E-state index in [9.17, 15) is 9.90 Å². The summed E-state index contributed by atoms with van der Waals surface area (Å²) in [6.45, 7) is 7.49. The first kappa shape index (κ1) is 10.9. The van der Waals surface area contributed by atoms with E-state index < -0.39 is 5.54 Å². The number of aliphatic hydroxyl groups excluding tert-OH is 1. The molecule has 0 unspecified atom stereocenters. The molecule has 3 nitrogen and oxygen atoms in total. The van der Waals surface area contributed by atoms with E-state index in [0.717, 1.165) is 5.56 Å². The van der Waals surface area contributed by atoms with Gasteiger partial charge in [-0.2, -0.15) is 0 Å².